The van der Waals surface area contributed by atoms with Gasteiger partial charge in [-0.1, -0.05) is 5.16 Å². The summed E-state index contributed by atoms with van der Waals surface area (Å²) in [6, 6.07) is 1.99. The molecule has 2 aromatic rings. The van der Waals surface area contributed by atoms with Crippen LogP contribution in [0.25, 0.3) is 0 Å². The van der Waals surface area contributed by atoms with Crippen molar-refractivity contribution >= 4 is 5.91 Å². The van der Waals surface area contributed by atoms with Crippen LogP contribution in [0.5, 0.6) is 5.75 Å². The summed E-state index contributed by atoms with van der Waals surface area (Å²) in [6.07, 6.45) is 7.13. The smallest absolute Gasteiger partial charge is 0.273 e. The third-order valence-corrected chi connectivity index (χ3v) is 4.51. The Balaban J connectivity index is 1.40. The zero-order valence-electron chi connectivity index (χ0n) is 14.3. The number of ether oxygens (including phenoxy) is 1. The standard InChI is InChI=1S/C18H22N4O3/c1-11-21-16(22-25-11)6-7-19-18(23)17-15(24-10-12-2-3-12)8-14(9-20-17)13-4-5-13/h8-9,12-13H,2-7,10H2,1H3,(H,19,23). The minimum atomic E-state index is -0.228. The molecule has 0 saturated heterocycles. The molecule has 0 atom stereocenters. The molecule has 2 heterocycles. The summed E-state index contributed by atoms with van der Waals surface area (Å²) >= 11 is 0. The highest BCUT2D eigenvalue weighted by Crippen LogP contribution is 2.41. The number of hydrogen-bond acceptors (Lipinski definition) is 6. The molecular formula is C18H22N4O3. The highest BCUT2D eigenvalue weighted by Gasteiger charge is 2.27. The Bertz CT molecular complexity index is 765. The zero-order chi connectivity index (χ0) is 17.2. The molecule has 7 nitrogen and oxygen atoms in total. The topological polar surface area (TPSA) is 90.1 Å². The van der Waals surface area contributed by atoms with Crippen LogP contribution in [-0.2, 0) is 6.42 Å². The number of pyridine rings is 1. The minimum Gasteiger partial charge on any atom is -0.491 e. The Morgan fingerprint density at radius 3 is 2.88 bits per heavy atom. The van der Waals surface area contributed by atoms with Gasteiger partial charge in [-0.05, 0) is 49.1 Å². The van der Waals surface area contributed by atoms with E-state index in [2.05, 4.69) is 20.4 Å². The first kappa shape index (κ1) is 16.1. The minimum absolute atomic E-state index is 0.228. The maximum Gasteiger partial charge on any atom is 0.273 e. The van der Waals surface area contributed by atoms with E-state index in [-0.39, 0.29) is 5.91 Å². The van der Waals surface area contributed by atoms with Gasteiger partial charge in [0, 0.05) is 26.1 Å². The lowest BCUT2D eigenvalue weighted by atomic mass is 10.1. The average Bonchev–Trinajstić information content (AvgIpc) is 3.52. The number of hydrogen-bond donors (Lipinski definition) is 1. The Hall–Kier alpha value is -2.44. The molecule has 0 aromatic carbocycles. The van der Waals surface area contributed by atoms with Crippen LogP contribution < -0.4 is 10.1 Å². The molecule has 7 heteroatoms. The van der Waals surface area contributed by atoms with E-state index in [1.54, 1.807) is 13.1 Å². The van der Waals surface area contributed by atoms with Crippen molar-refractivity contribution in [1.29, 1.82) is 0 Å². The molecule has 0 spiro atoms. The number of aromatic nitrogens is 3. The van der Waals surface area contributed by atoms with E-state index < -0.39 is 0 Å². The second kappa shape index (κ2) is 6.82. The van der Waals surface area contributed by atoms with Gasteiger partial charge in [0.2, 0.25) is 5.89 Å². The predicted octanol–water partition coefficient (Wildman–Crippen LogP) is 2.41. The van der Waals surface area contributed by atoms with Crippen LogP contribution >= 0.6 is 0 Å². The zero-order valence-corrected chi connectivity index (χ0v) is 14.3. The van der Waals surface area contributed by atoms with Gasteiger partial charge >= 0.3 is 0 Å². The van der Waals surface area contributed by atoms with Crippen molar-refractivity contribution in [2.75, 3.05) is 13.2 Å². The molecule has 25 heavy (non-hydrogen) atoms. The van der Waals surface area contributed by atoms with E-state index in [9.17, 15) is 4.79 Å². The molecule has 1 N–H and O–H groups in total. The molecular weight excluding hydrogens is 320 g/mol. The fourth-order valence-electron chi connectivity index (χ4n) is 2.69. The summed E-state index contributed by atoms with van der Waals surface area (Å²) in [5, 5.41) is 6.68. The van der Waals surface area contributed by atoms with Gasteiger partial charge < -0.3 is 14.6 Å². The van der Waals surface area contributed by atoms with E-state index in [0.29, 0.717) is 54.6 Å². The summed E-state index contributed by atoms with van der Waals surface area (Å²) in [6.45, 7) is 2.83. The molecule has 4 rings (SSSR count). The number of carbonyl (C=O) groups is 1. The van der Waals surface area contributed by atoms with Crippen LogP contribution in [0, 0.1) is 12.8 Å². The Morgan fingerprint density at radius 2 is 2.20 bits per heavy atom. The number of nitrogens with zero attached hydrogens (tertiary/aromatic N) is 3. The van der Waals surface area contributed by atoms with Crippen molar-refractivity contribution in [3.05, 3.63) is 35.2 Å². The lowest BCUT2D eigenvalue weighted by Gasteiger charge is -2.12. The highest BCUT2D eigenvalue weighted by atomic mass is 16.5. The molecule has 132 valence electrons. The van der Waals surface area contributed by atoms with Crippen LogP contribution in [-0.4, -0.2) is 34.2 Å². The van der Waals surface area contributed by atoms with Gasteiger partial charge in [-0.15, -0.1) is 0 Å². The summed E-state index contributed by atoms with van der Waals surface area (Å²) in [4.78, 5) is 21.0. The van der Waals surface area contributed by atoms with Gasteiger partial charge in [0.1, 0.15) is 0 Å². The number of carbonyl (C=O) groups excluding carboxylic acids is 1. The van der Waals surface area contributed by atoms with E-state index in [4.69, 9.17) is 9.26 Å². The summed E-state index contributed by atoms with van der Waals surface area (Å²) in [7, 11) is 0. The largest absolute Gasteiger partial charge is 0.491 e. The number of aryl methyl sites for hydroxylation is 1. The molecule has 0 radical (unpaired) electrons. The van der Waals surface area contributed by atoms with E-state index in [1.807, 2.05) is 6.07 Å². The maximum absolute atomic E-state index is 12.5. The molecule has 2 aliphatic rings. The fourth-order valence-corrected chi connectivity index (χ4v) is 2.69. The van der Waals surface area contributed by atoms with Gasteiger partial charge in [0.05, 0.1) is 6.61 Å². The first-order valence-electron chi connectivity index (χ1n) is 8.89. The summed E-state index contributed by atoms with van der Waals surface area (Å²) in [5.41, 5.74) is 1.53. The van der Waals surface area contributed by atoms with Gasteiger partial charge in [-0.3, -0.25) is 4.79 Å². The normalized spacial score (nSPS) is 16.7. The summed E-state index contributed by atoms with van der Waals surface area (Å²) in [5.74, 6) is 2.68. The van der Waals surface area contributed by atoms with Crippen molar-refractivity contribution in [3.8, 4) is 5.75 Å². The van der Waals surface area contributed by atoms with Crippen LogP contribution in [0.15, 0.2) is 16.8 Å². The molecule has 2 fully saturated rings. The maximum atomic E-state index is 12.5. The predicted molar refractivity (Wildman–Crippen MR) is 89.5 cm³/mol. The molecule has 2 aromatic heterocycles. The van der Waals surface area contributed by atoms with Crippen LogP contribution in [0.1, 0.15) is 59.4 Å². The molecule has 0 aliphatic heterocycles. The highest BCUT2D eigenvalue weighted by molar-refractivity contribution is 5.95. The molecule has 1 amide bonds. The van der Waals surface area contributed by atoms with Gasteiger partial charge in [0.15, 0.2) is 17.3 Å². The SMILES string of the molecule is Cc1nc(CCNC(=O)c2ncc(C3CC3)cc2OCC2CC2)no1. The second-order valence-electron chi connectivity index (χ2n) is 6.88. The van der Waals surface area contributed by atoms with Crippen LogP contribution in [0.4, 0.5) is 0 Å². The molecule has 2 aliphatic carbocycles. The third kappa shape index (κ3) is 4.15. The second-order valence-corrected chi connectivity index (χ2v) is 6.88. The Labute approximate surface area is 146 Å². The van der Waals surface area contributed by atoms with Crippen molar-refractivity contribution in [2.24, 2.45) is 5.92 Å². The molecule has 0 unspecified atom stereocenters. The van der Waals surface area contributed by atoms with Crippen LogP contribution in [0.2, 0.25) is 0 Å². The van der Waals surface area contributed by atoms with E-state index in [0.717, 1.165) is 0 Å². The first-order valence-corrected chi connectivity index (χ1v) is 8.89. The Kier molecular flexibility index (Phi) is 4.38. The van der Waals surface area contributed by atoms with Crippen molar-refractivity contribution in [2.45, 2.75) is 44.9 Å². The molecule has 2 saturated carbocycles. The Morgan fingerprint density at radius 1 is 1.36 bits per heavy atom. The van der Waals surface area contributed by atoms with Gasteiger partial charge in [-0.2, -0.15) is 4.98 Å². The van der Waals surface area contributed by atoms with Crippen molar-refractivity contribution in [3.63, 3.8) is 0 Å². The van der Waals surface area contributed by atoms with Crippen molar-refractivity contribution < 1.29 is 14.1 Å². The number of amides is 1. The summed E-state index contributed by atoms with van der Waals surface area (Å²) < 4.78 is 10.8. The van der Waals surface area contributed by atoms with Gasteiger partial charge in [0.25, 0.3) is 5.91 Å². The van der Waals surface area contributed by atoms with E-state index >= 15 is 0 Å². The average molecular weight is 342 g/mol. The number of nitrogens with one attached hydrogen (secondary N) is 1. The first-order chi connectivity index (χ1) is 12.2. The fraction of sp³-hybridized carbons (Fsp3) is 0.556. The lowest BCUT2D eigenvalue weighted by molar-refractivity contribution is 0.0944. The lowest BCUT2D eigenvalue weighted by Crippen LogP contribution is -2.27. The number of rotatable bonds is 8. The monoisotopic (exact) mass is 342 g/mol. The van der Waals surface area contributed by atoms with Crippen LogP contribution in [0.3, 0.4) is 0 Å². The molecule has 0 bridgehead atoms. The van der Waals surface area contributed by atoms with Crippen molar-refractivity contribution in [1.82, 2.24) is 20.4 Å². The third-order valence-electron chi connectivity index (χ3n) is 4.51. The quantitative estimate of drug-likeness (QED) is 0.792. The van der Waals surface area contributed by atoms with E-state index in [1.165, 1.54) is 31.2 Å². The van der Waals surface area contributed by atoms with Gasteiger partial charge in [-0.25, -0.2) is 4.98 Å².